The van der Waals surface area contributed by atoms with E-state index >= 15 is 0 Å². The van der Waals surface area contributed by atoms with Crippen LogP contribution in [0.4, 0.5) is 10.5 Å². The van der Waals surface area contributed by atoms with Crippen LogP contribution in [0.15, 0.2) is 24.3 Å². The van der Waals surface area contributed by atoms with Crippen LogP contribution in [0, 0.1) is 0 Å². The third-order valence-corrected chi connectivity index (χ3v) is 3.54. The fraction of sp³-hybridized carbons (Fsp3) is 0.429. The van der Waals surface area contributed by atoms with Crippen molar-refractivity contribution < 1.29 is 9.59 Å². The number of benzene rings is 1. The first-order valence-corrected chi connectivity index (χ1v) is 6.82. The maximum atomic E-state index is 12.2. The second-order valence-corrected chi connectivity index (χ2v) is 5.20. The third kappa shape index (κ3) is 3.47. The Morgan fingerprint density at radius 1 is 1.21 bits per heavy atom. The number of carbonyl (C=O) groups excluding carboxylic acids is 2. The number of carbonyl (C=O) groups is 2. The van der Waals surface area contributed by atoms with Gasteiger partial charge < -0.3 is 5.32 Å². The maximum Gasteiger partial charge on any atom is 0.328 e. The van der Waals surface area contributed by atoms with Crippen LogP contribution in [-0.2, 0) is 4.79 Å². The van der Waals surface area contributed by atoms with E-state index in [-0.39, 0.29) is 18.0 Å². The molecule has 0 spiro atoms. The highest BCUT2D eigenvalue weighted by atomic mass is 35.5. The molecule has 0 radical (unpaired) electrons. The minimum absolute atomic E-state index is 0.182. The smallest absolute Gasteiger partial charge is 0.328 e. The summed E-state index contributed by atoms with van der Waals surface area (Å²) in [5, 5.41) is 3.48. The first kappa shape index (κ1) is 13.9. The zero-order valence-corrected chi connectivity index (χ0v) is 11.6. The Morgan fingerprint density at radius 2 is 1.79 bits per heavy atom. The van der Waals surface area contributed by atoms with Gasteiger partial charge in [-0.1, -0.05) is 24.4 Å². The number of imide groups is 1. The van der Waals surface area contributed by atoms with Gasteiger partial charge in [-0.15, -0.1) is 0 Å². The van der Waals surface area contributed by atoms with Crippen LogP contribution in [0.1, 0.15) is 32.6 Å². The predicted molar refractivity (Wildman–Crippen MR) is 75.4 cm³/mol. The average Bonchev–Trinajstić information content (AvgIpc) is 2.84. The highest BCUT2D eigenvalue weighted by Crippen LogP contribution is 2.21. The lowest BCUT2D eigenvalue weighted by atomic mass is 10.2. The highest BCUT2D eigenvalue weighted by molar-refractivity contribution is 6.30. The van der Waals surface area contributed by atoms with Crippen LogP contribution < -0.4 is 10.2 Å². The molecule has 102 valence electrons. The van der Waals surface area contributed by atoms with Crippen LogP contribution in [0.3, 0.4) is 0 Å². The van der Waals surface area contributed by atoms with Gasteiger partial charge in [0.1, 0.15) is 0 Å². The lowest BCUT2D eigenvalue weighted by molar-refractivity contribution is -0.115. The van der Waals surface area contributed by atoms with E-state index in [9.17, 15) is 9.59 Å². The molecule has 0 aliphatic heterocycles. The van der Waals surface area contributed by atoms with Crippen LogP contribution in [-0.4, -0.2) is 18.0 Å². The standard InChI is InChI=1S/C14H17ClN2O2/c1-10(18)17(13-8-6-11(15)7-9-13)14(19)16-12-4-2-3-5-12/h6-9,12H,2-5H2,1H3,(H,16,19). The Kier molecular flexibility index (Phi) is 4.43. The second-order valence-electron chi connectivity index (χ2n) is 4.76. The van der Waals surface area contributed by atoms with E-state index in [0.29, 0.717) is 10.7 Å². The first-order chi connectivity index (χ1) is 9.08. The molecule has 1 N–H and O–H groups in total. The van der Waals surface area contributed by atoms with E-state index in [0.717, 1.165) is 30.6 Å². The fourth-order valence-corrected chi connectivity index (χ4v) is 2.47. The van der Waals surface area contributed by atoms with Gasteiger partial charge in [0.25, 0.3) is 0 Å². The van der Waals surface area contributed by atoms with Crippen molar-refractivity contribution in [3.8, 4) is 0 Å². The molecule has 2 rings (SSSR count). The van der Waals surface area contributed by atoms with E-state index in [1.807, 2.05) is 0 Å². The summed E-state index contributed by atoms with van der Waals surface area (Å²) < 4.78 is 0. The molecule has 19 heavy (non-hydrogen) atoms. The summed E-state index contributed by atoms with van der Waals surface area (Å²) in [6.45, 7) is 1.38. The Hall–Kier alpha value is -1.55. The number of nitrogens with one attached hydrogen (secondary N) is 1. The fourth-order valence-electron chi connectivity index (χ4n) is 2.34. The number of anilines is 1. The van der Waals surface area contributed by atoms with Gasteiger partial charge in [-0.25, -0.2) is 9.69 Å². The molecule has 0 saturated heterocycles. The zero-order valence-electron chi connectivity index (χ0n) is 10.9. The summed E-state index contributed by atoms with van der Waals surface area (Å²) in [6.07, 6.45) is 4.23. The largest absolute Gasteiger partial charge is 0.335 e. The minimum Gasteiger partial charge on any atom is -0.335 e. The molecule has 3 amide bonds. The van der Waals surface area contributed by atoms with Crippen molar-refractivity contribution in [2.75, 3.05) is 4.90 Å². The van der Waals surface area contributed by atoms with Crippen molar-refractivity contribution in [1.29, 1.82) is 0 Å². The topological polar surface area (TPSA) is 49.4 Å². The summed E-state index contributed by atoms with van der Waals surface area (Å²) >= 11 is 5.81. The lowest BCUT2D eigenvalue weighted by Crippen LogP contribution is -2.46. The third-order valence-electron chi connectivity index (χ3n) is 3.29. The molecule has 0 bridgehead atoms. The number of rotatable bonds is 2. The number of halogens is 1. The Bertz CT molecular complexity index is 467. The second kappa shape index (κ2) is 6.06. The first-order valence-electron chi connectivity index (χ1n) is 6.44. The van der Waals surface area contributed by atoms with Crippen LogP contribution >= 0.6 is 11.6 Å². The molecule has 1 saturated carbocycles. The Morgan fingerprint density at radius 3 is 2.32 bits per heavy atom. The maximum absolute atomic E-state index is 12.2. The SMILES string of the molecule is CC(=O)N(C(=O)NC1CCCC1)c1ccc(Cl)cc1. The van der Waals surface area contributed by atoms with Gasteiger partial charge in [-0.2, -0.15) is 0 Å². The van der Waals surface area contributed by atoms with Gasteiger partial charge in [0.15, 0.2) is 0 Å². The molecule has 0 unspecified atom stereocenters. The summed E-state index contributed by atoms with van der Waals surface area (Å²) in [5.41, 5.74) is 0.535. The predicted octanol–water partition coefficient (Wildman–Crippen LogP) is 3.35. The summed E-state index contributed by atoms with van der Waals surface area (Å²) in [4.78, 5) is 25.0. The molecule has 0 heterocycles. The van der Waals surface area contributed by atoms with Crippen molar-refractivity contribution in [3.05, 3.63) is 29.3 Å². The molecule has 1 aliphatic rings. The number of amides is 3. The van der Waals surface area contributed by atoms with E-state index in [1.165, 1.54) is 6.92 Å². The molecule has 1 aromatic rings. The van der Waals surface area contributed by atoms with E-state index < -0.39 is 0 Å². The van der Waals surface area contributed by atoms with Crippen LogP contribution in [0.5, 0.6) is 0 Å². The molecular formula is C14H17ClN2O2. The van der Waals surface area contributed by atoms with Crippen molar-refractivity contribution >= 4 is 29.2 Å². The number of hydrogen-bond donors (Lipinski definition) is 1. The Balaban J connectivity index is 2.12. The molecular weight excluding hydrogens is 264 g/mol. The van der Waals surface area contributed by atoms with Crippen LogP contribution in [0.2, 0.25) is 5.02 Å². The number of nitrogens with zero attached hydrogens (tertiary/aromatic N) is 1. The van der Waals surface area contributed by atoms with Gasteiger partial charge in [-0.05, 0) is 37.1 Å². The summed E-state index contributed by atoms with van der Waals surface area (Å²) in [6, 6.07) is 6.48. The molecule has 0 aromatic heterocycles. The van der Waals surface area contributed by atoms with Crippen molar-refractivity contribution in [3.63, 3.8) is 0 Å². The molecule has 1 fully saturated rings. The molecule has 1 aliphatic carbocycles. The number of urea groups is 1. The minimum atomic E-state index is -0.360. The normalized spacial score (nSPS) is 15.3. The van der Waals surface area contributed by atoms with Gasteiger partial charge in [-0.3, -0.25) is 4.79 Å². The van der Waals surface area contributed by atoms with E-state index in [1.54, 1.807) is 24.3 Å². The van der Waals surface area contributed by atoms with Gasteiger partial charge >= 0.3 is 6.03 Å². The molecule has 0 atom stereocenters. The molecule has 4 nitrogen and oxygen atoms in total. The Labute approximate surface area is 117 Å². The van der Waals surface area contributed by atoms with Crippen LogP contribution in [0.25, 0.3) is 0 Å². The van der Waals surface area contributed by atoms with E-state index in [4.69, 9.17) is 11.6 Å². The van der Waals surface area contributed by atoms with Crippen molar-refractivity contribution in [2.45, 2.75) is 38.6 Å². The van der Waals surface area contributed by atoms with Crippen molar-refractivity contribution in [1.82, 2.24) is 5.32 Å². The summed E-state index contributed by atoms with van der Waals surface area (Å²) in [7, 11) is 0. The van der Waals surface area contributed by atoms with Crippen molar-refractivity contribution in [2.24, 2.45) is 0 Å². The van der Waals surface area contributed by atoms with Gasteiger partial charge in [0.05, 0.1) is 5.69 Å². The quantitative estimate of drug-likeness (QED) is 0.903. The zero-order chi connectivity index (χ0) is 13.8. The molecule has 1 aromatic carbocycles. The average molecular weight is 281 g/mol. The highest BCUT2D eigenvalue weighted by Gasteiger charge is 2.24. The lowest BCUT2D eigenvalue weighted by Gasteiger charge is -2.22. The van der Waals surface area contributed by atoms with E-state index in [2.05, 4.69) is 5.32 Å². The molecule has 5 heteroatoms. The number of hydrogen-bond acceptors (Lipinski definition) is 2. The monoisotopic (exact) mass is 280 g/mol. The summed E-state index contributed by atoms with van der Waals surface area (Å²) in [5.74, 6) is -0.308. The van der Waals surface area contributed by atoms with Gasteiger partial charge in [0.2, 0.25) is 5.91 Å². The van der Waals surface area contributed by atoms with Gasteiger partial charge in [0, 0.05) is 18.0 Å².